The van der Waals surface area contributed by atoms with Crippen LogP contribution >= 0.6 is 0 Å². The Morgan fingerprint density at radius 1 is 1.20 bits per heavy atom. The van der Waals surface area contributed by atoms with Gasteiger partial charge in [-0.2, -0.15) is 4.31 Å². The molecule has 1 heterocycles. The molecule has 1 unspecified atom stereocenters. The maximum absolute atomic E-state index is 13.8. The van der Waals surface area contributed by atoms with Crippen molar-refractivity contribution in [1.29, 1.82) is 0 Å². The molecule has 1 saturated heterocycles. The molecule has 0 radical (unpaired) electrons. The molecule has 1 aromatic rings. The van der Waals surface area contributed by atoms with E-state index < -0.39 is 21.7 Å². The SMILES string of the molecule is CC1CCN(c2ccc(F)cc2F)CCN1S(C)(=O)=O. The van der Waals surface area contributed by atoms with E-state index in [9.17, 15) is 17.2 Å². The number of hydrogen-bond donors (Lipinski definition) is 0. The smallest absolute Gasteiger partial charge is 0.211 e. The van der Waals surface area contributed by atoms with E-state index in [-0.39, 0.29) is 6.04 Å². The number of halogens is 2. The Hall–Kier alpha value is -1.21. The lowest BCUT2D eigenvalue weighted by Crippen LogP contribution is -2.39. The van der Waals surface area contributed by atoms with Gasteiger partial charge in [0.1, 0.15) is 11.6 Å². The molecule has 0 bridgehead atoms. The summed E-state index contributed by atoms with van der Waals surface area (Å²) in [6, 6.07) is 3.32. The van der Waals surface area contributed by atoms with E-state index in [4.69, 9.17) is 0 Å². The van der Waals surface area contributed by atoms with Gasteiger partial charge in [0.15, 0.2) is 0 Å². The summed E-state index contributed by atoms with van der Waals surface area (Å²) in [7, 11) is -3.27. The Bertz CT molecular complexity index is 592. The summed E-state index contributed by atoms with van der Waals surface area (Å²) in [4.78, 5) is 1.76. The maximum Gasteiger partial charge on any atom is 0.211 e. The summed E-state index contributed by atoms with van der Waals surface area (Å²) in [6.45, 7) is 3.07. The third-order valence-electron chi connectivity index (χ3n) is 3.58. The fraction of sp³-hybridized carbons (Fsp3) is 0.538. The summed E-state index contributed by atoms with van der Waals surface area (Å²) in [5.41, 5.74) is 0.314. The summed E-state index contributed by atoms with van der Waals surface area (Å²) in [5, 5.41) is 0. The van der Waals surface area contributed by atoms with Crippen LogP contribution < -0.4 is 4.90 Å². The molecule has 1 aromatic carbocycles. The standard InChI is InChI=1S/C13H18F2N2O2S/c1-10-5-6-16(7-8-17(10)20(2,18)19)13-4-3-11(14)9-12(13)15/h3-4,9-10H,5-8H2,1-2H3. The second-order valence-corrected chi connectivity index (χ2v) is 7.03. The van der Waals surface area contributed by atoms with Crippen LogP contribution in [0.2, 0.25) is 0 Å². The number of rotatable bonds is 2. The van der Waals surface area contributed by atoms with Gasteiger partial charge in [0.25, 0.3) is 0 Å². The number of benzene rings is 1. The Labute approximate surface area is 118 Å². The highest BCUT2D eigenvalue weighted by atomic mass is 32.2. The fourth-order valence-electron chi connectivity index (χ4n) is 2.51. The third-order valence-corrected chi connectivity index (χ3v) is 4.97. The van der Waals surface area contributed by atoms with E-state index in [2.05, 4.69) is 0 Å². The van der Waals surface area contributed by atoms with Gasteiger partial charge in [0.05, 0.1) is 11.9 Å². The summed E-state index contributed by atoms with van der Waals surface area (Å²) < 4.78 is 51.5. The molecule has 2 rings (SSSR count). The monoisotopic (exact) mass is 304 g/mol. The van der Waals surface area contributed by atoms with Crippen LogP contribution in [0.15, 0.2) is 18.2 Å². The molecule has 1 atom stereocenters. The normalized spacial score (nSPS) is 21.8. The lowest BCUT2D eigenvalue weighted by Gasteiger charge is -2.24. The minimum Gasteiger partial charge on any atom is -0.368 e. The van der Waals surface area contributed by atoms with Crippen molar-refractivity contribution in [3.8, 4) is 0 Å². The maximum atomic E-state index is 13.8. The zero-order valence-corrected chi connectivity index (χ0v) is 12.3. The van der Waals surface area contributed by atoms with Gasteiger partial charge in [-0.05, 0) is 25.5 Å². The van der Waals surface area contributed by atoms with Gasteiger partial charge in [-0.25, -0.2) is 17.2 Å². The van der Waals surface area contributed by atoms with Gasteiger partial charge in [-0.15, -0.1) is 0 Å². The molecule has 1 aliphatic rings. The Balaban J connectivity index is 2.21. The second-order valence-electron chi connectivity index (χ2n) is 5.09. The van der Waals surface area contributed by atoms with Crippen LogP contribution in [0.25, 0.3) is 0 Å². The van der Waals surface area contributed by atoms with E-state index in [0.717, 1.165) is 6.07 Å². The first-order valence-electron chi connectivity index (χ1n) is 6.46. The largest absolute Gasteiger partial charge is 0.368 e. The average Bonchev–Trinajstić information content (AvgIpc) is 2.51. The van der Waals surface area contributed by atoms with Crippen molar-refractivity contribution in [3.63, 3.8) is 0 Å². The molecule has 0 N–H and O–H groups in total. The van der Waals surface area contributed by atoms with E-state index in [1.165, 1.54) is 22.7 Å². The first-order valence-corrected chi connectivity index (χ1v) is 8.30. The van der Waals surface area contributed by atoms with E-state index in [0.29, 0.717) is 31.7 Å². The molecular formula is C13H18F2N2O2S. The number of nitrogens with zero attached hydrogens (tertiary/aromatic N) is 2. The van der Waals surface area contributed by atoms with Crippen molar-refractivity contribution in [2.75, 3.05) is 30.8 Å². The highest BCUT2D eigenvalue weighted by Crippen LogP contribution is 2.23. The summed E-state index contributed by atoms with van der Waals surface area (Å²) in [5.74, 6) is -1.24. The van der Waals surface area contributed by atoms with Crippen molar-refractivity contribution in [2.24, 2.45) is 0 Å². The predicted molar refractivity (Wildman–Crippen MR) is 74.2 cm³/mol. The lowest BCUT2D eigenvalue weighted by molar-refractivity contribution is 0.353. The van der Waals surface area contributed by atoms with Crippen LogP contribution in [0.4, 0.5) is 14.5 Å². The average molecular weight is 304 g/mol. The van der Waals surface area contributed by atoms with Crippen LogP contribution in [0, 0.1) is 11.6 Å². The summed E-state index contributed by atoms with van der Waals surface area (Å²) >= 11 is 0. The minimum atomic E-state index is -3.27. The topological polar surface area (TPSA) is 40.6 Å². The molecule has 1 aliphatic heterocycles. The first-order chi connectivity index (χ1) is 9.29. The van der Waals surface area contributed by atoms with E-state index in [1.54, 1.807) is 4.90 Å². The minimum absolute atomic E-state index is 0.126. The van der Waals surface area contributed by atoms with Gasteiger partial charge < -0.3 is 4.90 Å². The van der Waals surface area contributed by atoms with Gasteiger partial charge in [-0.3, -0.25) is 0 Å². The number of hydrogen-bond acceptors (Lipinski definition) is 3. The van der Waals surface area contributed by atoms with Crippen molar-refractivity contribution in [1.82, 2.24) is 4.31 Å². The van der Waals surface area contributed by atoms with Crippen molar-refractivity contribution in [2.45, 2.75) is 19.4 Å². The Morgan fingerprint density at radius 3 is 2.50 bits per heavy atom. The molecule has 0 amide bonds. The molecule has 1 fully saturated rings. The van der Waals surface area contributed by atoms with Crippen LogP contribution in [0.3, 0.4) is 0 Å². The molecule has 7 heteroatoms. The number of sulfonamides is 1. The first kappa shape index (κ1) is 15.2. The zero-order valence-electron chi connectivity index (χ0n) is 11.5. The van der Waals surface area contributed by atoms with Crippen LogP contribution in [-0.2, 0) is 10.0 Å². The fourth-order valence-corrected chi connectivity index (χ4v) is 3.68. The second kappa shape index (κ2) is 5.65. The van der Waals surface area contributed by atoms with Crippen LogP contribution in [-0.4, -0.2) is 44.7 Å². The molecule has 20 heavy (non-hydrogen) atoms. The zero-order chi connectivity index (χ0) is 14.9. The molecule has 0 spiro atoms. The van der Waals surface area contributed by atoms with Crippen LogP contribution in [0.1, 0.15) is 13.3 Å². The summed E-state index contributed by atoms with van der Waals surface area (Å²) in [6.07, 6.45) is 1.78. The van der Waals surface area contributed by atoms with Gasteiger partial charge in [0.2, 0.25) is 10.0 Å². The van der Waals surface area contributed by atoms with E-state index >= 15 is 0 Å². The number of anilines is 1. The molecule has 4 nitrogen and oxygen atoms in total. The third kappa shape index (κ3) is 3.27. The van der Waals surface area contributed by atoms with Gasteiger partial charge >= 0.3 is 0 Å². The molecule has 0 saturated carbocycles. The van der Waals surface area contributed by atoms with Gasteiger partial charge in [0, 0.05) is 31.7 Å². The highest BCUT2D eigenvalue weighted by molar-refractivity contribution is 7.88. The van der Waals surface area contributed by atoms with Gasteiger partial charge in [-0.1, -0.05) is 0 Å². The van der Waals surface area contributed by atoms with Crippen LogP contribution in [0.5, 0.6) is 0 Å². The predicted octanol–water partition coefficient (Wildman–Crippen LogP) is 1.83. The molecule has 0 aliphatic carbocycles. The Morgan fingerprint density at radius 2 is 1.90 bits per heavy atom. The Kier molecular flexibility index (Phi) is 4.29. The highest BCUT2D eigenvalue weighted by Gasteiger charge is 2.28. The molecule has 0 aromatic heterocycles. The molecular weight excluding hydrogens is 286 g/mol. The quantitative estimate of drug-likeness (QED) is 0.837. The van der Waals surface area contributed by atoms with Crippen molar-refractivity contribution in [3.05, 3.63) is 29.8 Å². The lowest BCUT2D eigenvalue weighted by atomic mass is 10.2. The molecule has 112 valence electrons. The van der Waals surface area contributed by atoms with Crippen molar-refractivity contribution < 1.29 is 17.2 Å². The van der Waals surface area contributed by atoms with Crippen molar-refractivity contribution >= 4 is 15.7 Å². The van der Waals surface area contributed by atoms with E-state index in [1.807, 2.05) is 6.92 Å².